The number of hydrogen-bond acceptors (Lipinski definition) is 5. The average molecular weight is 320 g/mol. The van der Waals surface area contributed by atoms with E-state index in [0.29, 0.717) is 0 Å². The zero-order chi connectivity index (χ0) is 16.8. The van der Waals surface area contributed by atoms with Crippen molar-refractivity contribution in [2.45, 2.75) is 20.0 Å². The van der Waals surface area contributed by atoms with Crippen LogP contribution in [0.15, 0.2) is 67.0 Å². The summed E-state index contributed by atoms with van der Waals surface area (Å²) < 4.78 is 5.64. The van der Waals surface area contributed by atoms with Crippen LogP contribution in [0.2, 0.25) is 0 Å². The number of aromatic nitrogens is 2. The van der Waals surface area contributed by atoms with Gasteiger partial charge >= 0.3 is 0 Å². The summed E-state index contributed by atoms with van der Waals surface area (Å²) in [6, 6.07) is 19.6. The van der Waals surface area contributed by atoms with Crippen LogP contribution >= 0.6 is 0 Å². The van der Waals surface area contributed by atoms with Crippen LogP contribution < -0.4 is 15.4 Å². The first-order valence-electron chi connectivity index (χ1n) is 7.87. The number of nitrogens with one attached hydrogen (secondary N) is 2. The lowest BCUT2D eigenvalue weighted by molar-refractivity contribution is 0.242. The molecule has 0 aliphatic carbocycles. The lowest BCUT2D eigenvalue weighted by Crippen LogP contribution is -2.05. The number of hydrogen-bond donors (Lipinski definition) is 2. The number of anilines is 4. The Morgan fingerprint density at radius 1 is 0.792 bits per heavy atom. The molecule has 122 valence electrons. The second-order valence-corrected chi connectivity index (χ2v) is 5.60. The molecular weight excluding hydrogens is 300 g/mol. The average Bonchev–Trinajstić information content (AvgIpc) is 2.57. The minimum absolute atomic E-state index is 0.164. The molecule has 1 aromatic heterocycles. The summed E-state index contributed by atoms with van der Waals surface area (Å²) in [4.78, 5) is 8.49. The zero-order valence-electron chi connectivity index (χ0n) is 13.7. The van der Waals surface area contributed by atoms with Crippen molar-refractivity contribution in [1.82, 2.24) is 9.97 Å². The van der Waals surface area contributed by atoms with E-state index in [1.807, 2.05) is 74.5 Å². The third kappa shape index (κ3) is 4.46. The predicted molar refractivity (Wildman–Crippen MR) is 97.2 cm³/mol. The first-order chi connectivity index (χ1) is 11.7. The van der Waals surface area contributed by atoms with Gasteiger partial charge in [0.1, 0.15) is 23.7 Å². The molecule has 0 aliphatic rings. The molecule has 0 spiro atoms. The highest BCUT2D eigenvalue weighted by Crippen LogP contribution is 2.21. The Bertz CT molecular complexity index is 773. The van der Waals surface area contributed by atoms with Gasteiger partial charge < -0.3 is 15.4 Å². The maximum Gasteiger partial charge on any atom is 0.135 e. The summed E-state index contributed by atoms with van der Waals surface area (Å²) >= 11 is 0. The molecule has 5 nitrogen and oxygen atoms in total. The molecule has 0 saturated heterocycles. The third-order valence-electron chi connectivity index (χ3n) is 3.21. The topological polar surface area (TPSA) is 59.1 Å². The molecule has 3 rings (SSSR count). The van der Waals surface area contributed by atoms with Crippen LogP contribution in [0, 0.1) is 0 Å². The molecule has 0 unspecified atom stereocenters. The van der Waals surface area contributed by atoms with Crippen molar-refractivity contribution in [3.8, 4) is 5.75 Å². The van der Waals surface area contributed by atoms with Gasteiger partial charge in [0, 0.05) is 17.4 Å². The van der Waals surface area contributed by atoms with Crippen LogP contribution in [0.3, 0.4) is 0 Å². The Morgan fingerprint density at radius 3 is 1.96 bits per heavy atom. The van der Waals surface area contributed by atoms with Crippen molar-refractivity contribution in [2.75, 3.05) is 10.6 Å². The molecular formula is C19H20N4O. The highest BCUT2D eigenvalue weighted by atomic mass is 16.5. The maximum atomic E-state index is 5.64. The number of benzene rings is 2. The Kier molecular flexibility index (Phi) is 4.91. The van der Waals surface area contributed by atoms with Gasteiger partial charge in [-0.1, -0.05) is 18.2 Å². The van der Waals surface area contributed by atoms with E-state index >= 15 is 0 Å². The Hall–Kier alpha value is -3.08. The van der Waals surface area contributed by atoms with Crippen LogP contribution in [-0.2, 0) is 0 Å². The number of para-hydroxylation sites is 1. The van der Waals surface area contributed by atoms with Crippen molar-refractivity contribution in [2.24, 2.45) is 0 Å². The monoisotopic (exact) mass is 320 g/mol. The minimum atomic E-state index is 0.164. The fraction of sp³-hybridized carbons (Fsp3) is 0.158. The van der Waals surface area contributed by atoms with Gasteiger partial charge in [-0.2, -0.15) is 0 Å². The molecule has 0 aliphatic heterocycles. The number of rotatable bonds is 6. The van der Waals surface area contributed by atoms with Crippen molar-refractivity contribution in [1.29, 1.82) is 0 Å². The van der Waals surface area contributed by atoms with Gasteiger partial charge in [-0.25, -0.2) is 9.97 Å². The highest BCUT2D eigenvalue weighted by molar-refractivity contribution is 5.63. The number of ether oxygens (including phenoxy) is 1. The normalized spacial score (nSPS) is 10.5. The van der Waals surface area contributed by atoms with Crippen LogP contribution in [0.25, 0.3) is 0 Å². The first-order valence-corrected chi connectivity index (χ1v) is 7.87. The SMILES string of the molecule is CC(C)Oc1ccc(Nc2cc(Nc3ccccc3)ncn2)cc1. The summed E-state index contributed by atoms with van der Waals surface area (Å²) in [6.45, 7) is 4.02. The summed E-state index contributed by atoms with van der Waals surface area (Å²) in [5.74, 6) is 2.31. The van der Waals surface area contributed by atoms with E-state index in [0.717, 1.165) is 28.8 Å². The summed E-state index contributed by atoms with van der Waals surface area (Å²) in [7, 11) is 0. The first kappa shape index (κ1) is 15.8. The highest BCUT2D eigenvalue weighted by Gasteiger charge is 2.02. The van der Waals surface area contributed by atoms with Crippen LogP contribution in [0.1, 0.15) is 13.8 Å². The molecule has 0 radical (unpaired) electrons. The van der Waals surface area contributed by atoms with E-state index in [-0.39, 0.29) is 6.10 Å². The van der Waals surface area contributed by atoms with Gasteiger partial charge in [0.05, 0.1) is 6.10 Å². The van der Waals surface area contributed by atoms with E-state index in [1.165, 1.54) is 6.33 Å². The van der Waals surface area contributed by atoms with Crippen LogP contribution in [0.5, 0.6) is 5.75 Å². The van der Waals surface area contributed by atoms with Crippen molar-refractivity contribution in [3.63, 3.8) is 0 Å². The second-order valence-electron chi connectivity index (χ2n) is 5.60. The van der Waals surface area contributed by atoms with Gasteiger partial charge in [0.2, 0.25) is 0 Å². The lowest BCUT2D eigenvalue weighted by atomic mass is 10.3. The van der Waals surface area contributed by atoms with Gasteiger partial charge in [0.25, 0.3) is 0 Å². The molecule has 2 N–H and O–H groups in total. The van der Waals surface area contributed by atoms with E-state index in [2.05, 4.69) is 20.6 Å². The fourth-order valence-electron chi connectivity index (χ4n) is 2.20. The molecule has 0 amide bonds. The van der Waals surface area contributed by atoms with Crippen molar-refractivity contribution >= 4 is 23.0 Å². The van der Waals surface area contributed by atoms with Gasteiger partial charge in [-0.05, 0) is 50.2 Å². The number of nitrogens with zero attached hydrogens (tertiary/aromatic N) is 2. The third-order valence-corrected chi connectivity index (χ3v) is 3.21. The van der Waals surface area contributed by atoms with Crippen LogP contribution in [-0.4, -0.2) is 16.1 Å². The lowest BCUT2D eigenvalue weighted by Gasteiger charge is -2.11. The Labute approximate surface area is 141 Å². The molecule has 2 aromatic carbocycles. The fourth-order valence-corrected chi connectivity index (χ4v) is 2.20. The minimum Gasteiger partial charge on any atom is -0.491 e. The van der Waals surface area contributed by atoms with Gasteiger partial charge in [0.15, 0.2) is 0 Å². The zero-order valence-corrected chi connectivity index (χ0v) is 13.7. The molecule has 1 heterocycles. The molecule has 0 saturated carbocycles. The summed E-state index contributed by atoms with van der Waals surface area (Å²) in [5.41, 5.74) is 1.92. The molecule has 0 fully saturated rings. The quantitative estimate of drug-likeness (QED) is 0.686. The molecule has 3 aromatic rings. The summed E-state index contributed by atoms with van der Waals surface area (Å²) in [6.07, 6.45) is 1.70. The standard InChI is InChI=1S/C19H20N4O/c1-14(2)24-17-10-8-16(9-11-17)23-19-12-18(20-13-21-19)22-15-6-4-3-5-7-15/h3-14H,1-2H3,(H2,20,21,22,23). The molecule has 0 atom stereocenters. The van der Waals surface area contributed by atoms with Crippen LogP contribution in [0.4, 0.5) is 23.0 Å². The predicted octanol–water partition coefficient (Wildman–Crippen LogP) is 4.75. The van der Waals surface area contributed by atoms with Gasteiger partial charge in [-0.3, -0.25) is 0 Å². The molecule has 0 bridgehead atoms. The van der Waals surface area contributed by atoms with E-state index in [1.54, 1.807) is 0 Å². The van der Waals surface area contributed by atoms with E-state index in [4.69, 9.17) is 4.74 Å². The van der Waals surface area contributed by atoms with Crippen molar-refractivity contribution < 1.29 is 4.74 Å². The van der Waals surface area contributed by atoms with E-state index in [9.17, 15) is 0 Å². The Balaban J connectivity index is 1.68. The smallest absolute Gasteiger partial charge is 0.135 e. The molecule has 24 heavy (non-hydrogen) atoms. The summed E-state index contributed by atoms with van der Waals surface area (Å²) in [5, 5.41) is 6.51. The van der Waals surface area contributed by atoms with Crippen molar-refractivity contribution in [3.05, 3.63) is 67.0 Å². The largest absolute Gasteiger partial charge is 0.491 e. The Morgan fingerprint density at radius 2 is 1.38 bits per heavy atom. The molecule has 5 heteroatoms. The second kappa shape index (κ2) is 7.46. The van der Waals surface area contributed by atoms with E-state index < -0.39 is 0 Å². The maximum absolute atomic E-state index is 5.64. The van der Waals surface area contributed by atoms with Gasteiger partial charge in [-0.15, -0.1) is 0 Å².